The second-order valence-corrected chi connectivity index (χ2v) is 6.90. The molecule has 0 atom stereocenters. The van der Waals surface area contributed by atoms with Gasteiger partial charge in [-0.15, -0.1) is 0 Å². The van der Waals surface area contributed by atoms with Crippen LogP contribution in [0.25, 0.3) is 0 Å². The van der Waals surface area contributed by atoms with Gasteiger partial charge in [0.1, 0.15) is 0 Å². The first-order valence-electron chi connectivity index (χ1n) is 1.96. The number of hydrogen-bond donors (Lipinski definition) is 0. The standard InChI is InChI=1S/C5H5ClTe/c6-7-4-2-1-3-5-7/h1-5H. The van der Waals surface area contributed by atoms with Gasteiger partial charge >= 0.3 is 53.3 Å². The molecule has 0 aliphatic carbocycles. The second-order valence-electron chi connectivity index (χ2n) is 1.16. The Hall–Kier alpha value is 0.430. The molecule has 0 amide bonds. The van der Waals surface area contributed by atoms with Crippen LogP contribution in [0.2, 0.25) is 0 Å². The Morgan fingerprint density at radius 2 is 2.00 bits per heavy atom. The zero-order valence-electron chi connectivity index (χ0n) is 3.67. The van der Waals surface area contributed by atoms with Crippen LogP contribution in [0.3, 0.4) is 0 Å². The molecule has 0 fully saturated rings. The van der Waals surface area contributed by atoms with Gasteiger partial charge in [0.25, 0.3) is 0 Å². The Balaban J connectivity index is 2.82. The van der Waals surface area contributed by atoms with Crippen LogP contribution >= 0.6 is 8.96 Å². The maximum absolute atomic E-state index is 5.79. The molecule has 1 heterocycles. The average molecular weight is 228 g/mol. The van der Waals surface area contributed by atoms with Gasteiger partial charge in [0.05, 0.1) is 0 Å². The number of hydrogen-bond acceptors (Lipinski definition) is 0. The number of rotatable bonds is 0. The molecule has 0 saturated heterocycles. The van der Waals surface area contributed by atoms with Gasteiger partial charge in [-0.25, -0.2) is 0 Å². The van der Waals surface area contributed by atoms with E-state index < -0.39 is 18.0 Å². The van der Waals surface area contributed by atoms with E-state index in [0.717, 1.165) is 0 Å². The average Bonchev–Trinajstić information content (AvgIpc) is 1.69. The van der Waals surface area contributed by atoms with Gasteiger partial charge in [0.15, 0.2) is 0 Å². The van der Waals surface area contributed by atoms with Crippen molar-refractivity contribution in [2.24, 2.45) is 0 Å². The van der Waals surface area contributed by atoms with Crippen LogP contribution in [0, 0.1) is 0 Å². The molecule has 0 bridgehead atoms. The number of allylic oxidation sites excluding steroid dienone is 3. The predicted molar refractivity (Wildman–Crippen MR) is 36.0 cm³/mol. The monoisotopic (exact) mass is 230 g/mol. The molecule has 0 aromatic rings. The first-order chi connectivity index (χ1) is 3.39. The van der Waals surface area contributed by atoms with Crippen LogP contribution in [0.15, 0.2) is 22.4 Å². The molecule has 0 N–H and O–H groups in total. The molecule has 0 unspecified atom stereocenters. The molecule has 1 rings (SSSR count). The van der Waals surface area contributed by atoms with Crippen molar-refractivity contribution in [2.75, 3.05) is 0 Å². The topological polar surface area (TPSA) is 0 Å². The van der Waals surface area contributed by atoms with Gasteiger partial charge in [-0.2, -0.15) is 0 Å². The molecule has 0 saturated carbocycles. The second kappa shape index (κ2) is 2.67. The van der Waals surface area contributed by atoms with Gasteiger partial charge in [-0.3, -0.25) is 0 Å². The van der Waals surface area contributed by atoms with Crippen molar-refractivity contribution in [3.05, 3.63) is 22.4 Å². The molecule has 2 heteroatoms. The predicted octanol–water partition coefficient (Wildman–Crippen LogP) is 1.27. The van der Waals surface area contributed by atoms with Crippen LogP contribution in [0.4, 0.5) is 0 Å². The minimum atomic E-state index is -1.27. The molecule has 0 nitrogen and oxygen atoms in total. The van der Waals surface area contributed by atoms with E-state index >= 15 is 0 Å². The third kappa shape index (κ3) is 1.78. The zero-order valence-corrected chi connectivity index (χ0v) is 6.76. The summed E-state index contributed by atoms with van der Waals surface area (Å²) in [5, 5.41) is 0. The molecule has 1 aliphatic rings. The van der Waals surface area contributed by atoms with Crippen molar-refractivity contribution < 1.29 is 0 Å². The van der Waals surface area contributed by atoms with E-state index in [4.69, 9.17) is 8.96 Å². The third-order valence-corrected chi connectivity index (χ3v) is 4.40. The van der Waals surface area contributed by atoms with Gasteiger partial charge < -0.3 is 0 Å². The van der Waals surface area contributed by atoms with Crippen LogP contribution < -0.4 is 0 Å². The molecule has 1 aliphatic heterocycles. The van der Waals surface area contributed by atoms with Crippen LogP contribution in [0.5, 0.6) is 0 Å². The van der Waals surface area contributed by atoms with Gasteiger partial charge in [0, 0.05) is 0 Å². The molecule has 7 heavy (non-hydrogen) atoms. The summed E-state index contributed by atoms with van der Waals surface area (Å²) < 4.78 is 4.20. The summed E-state index contributed by atoms with van der Waals surface area (Å²) in [5.74, 6) is 0. The van der Waals surface area contributed by atoms with Gasteiger partial charge in [0.2, 0.25) is 0 Å². The molecule has 0 spiro atoms. The molecule has 38 valence electrons. The van der Waals surface area contributed by atoms with Crippen LogP contribution in [0.1, 0.15) is 0 Å². The Kier molecular flexibility index (Phi) is 2.12. The summed E-state index contributed by atoms with van der Waals surface area (Å²) in [5.41, 5.74) is 0. The van der Waals surface area contributed by atoms with Crippen molar-refractivity contribution in [3.63, 3.8) is 0 Å². The normalized spacial score (nSPS) is 19.6. The molecule has 0 radical (unpaired) electrons. The maximum atomic E-state index is 5.79. The summed E-state index contributed by atoms with van der Waals surface area (Å²) in [6, 6.07) is 0. The minimum absolute atomic E-state index is 1.27. The van der Waals surface area contributed by atoms with E-state index in [1.807, 2.05) is 18.2 Å². The van der Waals surface area contributed by atoms with Crippen molar-refractivity contribution in [2.45, 2.75) is 0 Å². The summed E-state index contributed by atoms with van der Waals surface area (Å²) in [7, 11) is 5.79. The number of halogens is 1. The first kappa shape index (κ1) is 5.56. The fourth-order valence-corrected chi connectivity index (χ4v) is 2.78. The van der Waals surface area contributed by atoms with Crippen molar-refractivity contribution in [1.29, 1.82) is 0 Å². The third-order valence-electron chi connectivity index (χ3n) is 0.639. The molecular formula is C5H5ClTe. The summed E-state index contributed by atoms with van der Waals surface area (Å²) >= 11 is -1.27. The van der Waals surface area contributed by atoms with Gasteiger partial charge in [-0.05, 0) is 0 Å². The molecule has 0 aromatic heterocycles. The Morgan fingerprint density at radius 1 is 1.14 bits per heavy atom. The van der Waals surface area contributed by atoms with E-state index in [9.17, 15) is 0 Å². The van der Waals surface area contributed by atoms with E-state index in [1.165, 1.54) is 0 Å². The van der Waals surface area contributed by atoms with Crippen molar-refractivity contribution in [1.82, 2.24) is 0 Å². The summed E-state index contributed by atoms with van der Waals surface area (Å²) in [4.78, 5) is 0. The Labute approximate surface area is 53.3 Å². The van der Waals surface area contributed by atoms with E-state index in [2.05, 4.69) is 8.18 Å². The zero-order chi connectivity index (χ0) is 5.11. The fraction of sp³-hybridized carbons (Fsp3) is 0. The van der Waals surface area contributed by atoms with E-state index in [1.54, 1.807) is 0 Å². The quantitative estimate of drug-likeness (QED) is 0.548. The Bertz CT molecular complexity index is 144. The van der Waals surface area contributed by atoms with E-state index in [0.29, 0.717) is 0 Å². The van der Waals surface area contributed by atoms with Crippen LogP contribution in [-0.2, 0) is 0 Å². The Morgan fingerprint density at radius 3 is 2.29 bits per heavy atom. The SMILES string of the molecule is Cl[Te]1=CC=CC=C1. The first-order valence-corrected chi connectivity index (χ1v) is 7.60. The van der Waals surface area contributed by atoms with E-state index in [-0.39, 0.29) is 0 Å². The van der Waals surface area contributed by atoms with Crippen LogP contribution in [-0.4, -0.2) is 22.0 Å². The summed E-state index contributed by atoms with van der Waals surface area (Å²) in [6.45, 7) is 0. The molecular weight excluding hydrogens is 223 g/mol. The van der Waals surface area contributed by atoms with Gasteiger partial charge in [-0.1, -0.05) is 0 Å². The van der Waals surface area contributed by atoms with Crippen molar-refractivity contribution >= 4 is 31.0 Å². The molecule has 0 aromatic carbocycles. The van der Waals surface area contributed by atoms with Crippen molar-refractivity contribution in [3.8, 4) is 0 Å². The fourth-order valence-electron chi connectivity index (χ4n) is 0.350. The summed E-state index contributed by atoms with van der Waals surface area (Å²) in [6.07, 6.45) is 6.04.